The lowest BCUT2D eigenvalue weighted by molar-refractivity contribution is -0.659. The van der Waals surface area contributed by atoms with Gasteiger partial charge in [-0.1, -0.05) is 284 Å². The lowest BCUT2D eigenvalue weighted by atomic mass is 9.82. The number of hydrogen-bond acceptors (Lipinski definition) is 0. The third kappa shape index (κ3) is 22.6. The topological polar surface area (TPSA) is 19.4 Å². The molecule has 0 bridgehead atoms. The molecule has 5 nitrogen and oxygen atoms in total. The van der Waals surface area contributed by atoms with E-state index in [0.29, 0.717) is 5.92 Å². The Balaban J connectivity index is 0.000000120. The van der Waals surface area contributed by atoms with Crippen molar-refractivity contribution in [1.82, 2.24) is 0 Å². The number of aryl methyl sites for hydroxylation is 12. The van der Waals surface area contributed by atoms with Gasteiger partial charge in [-0.05, 0) is 350 Å². The quantitative estimate of drug-likeness (QED) is 0.0810. The molecule has 15 aromatic rings. The van der Waals surface area contributed by atoms with Gasteiger partial charge < -0.3 is 0 Å². The van der Waals surface area contributed by atoms with Crippen LogP contribution in [0.1, 0.15) is 306 Å². The zero-order valence-electron chi connectivity index (χ0n) is 88.6. The van der Waals surface area contributed by atoms with Gasteiger partial charge in [-0.3, -0.25) is 0 Å². The summed E-state index contributed by atoms with van der Waals surface area (Å²) in [5.41, 5.74) is 40.8. The van der Waals surface area contributed by atoms with Crippen LogP contribution in [0.3, 0.4) is 0 Å². The first kappa shape index (κ1) is 98.8. The molecule has 10 aromatic carbocycles. The van der Waals surface area contributed by atoms with Gasteiger partial charge in [-0.15, -0.1) is 0 Å². The minimum Gasteiger partial charge on any atom is -0.200 e. The smallest absolute Gasteiger partial charge is 0.200 e. The summed E-state index contributed by atoms with van der Waals surface area (Å²) in [4.78, 5) is 0. The van der Waals surface area contributed by atoms with Gasteiger partial charge in [-0.25, -0.2) is 22.8 Å². The molecular formula is C133H164N5+5. The van der Waals surface area contributed by atoms with E-state index in [9.17, 15) is 0 Å². The van der Waals surface area contributed by atoms with E-state index in [-0.39, 0.29) is 5.41 Å². The van der Waals surface area contributed by atoms with Crippen molar-refractivity contribution in [3.63, 3.8) is 0 Å². The molecule has 0 atom stereocenters. The predicted octanol–water partition coefficient (Wildman–Crippen LogP) is 32.8. The van der Waals surface area contributed by atoms with Gasteiger partial charge in [0, 0.05) is 35.9 Å². The number of fused-ring (bicyclic) bond motifs is 5. The van der Waals surface area contributed by atoms with Gasteiger partial charge in [0.05, 0.1) is 49.2 Å². The van der Waals surface area contributed by atoms with Crippen LogP contribution >= 0.6 is 0 Å². The van der Waals surface area contributed by atoms with Crippen molar-refractivity contribution in [3.05, 3.63) is 325 Å². The van der Waals surface area contributed by atoms with Crippen LogP contribution in [-0.4, -0.2) is 0 Å². The molecule has 0 N–H and O–H groups in total. The van der Waals surface area contributed by atoms with Crippen LogP contribution in [0.15, 0.2) is 219 Å². The Bertz CT molecular complexity index is 6920. The monoisotopic (exact) mass is 1830 g/mol. The molecule has 0 unspecified atom stereocenters. The summed E-state index contributed by atoms with van der Waals surface area (Å²) in [5.74, 6) is 5.76. The van der Waals surface area contributed by atoms with Gasteiger partial charge in [0.25, 0.3) is 0 Å². The highest BCUT2D eigenvalue weighted by Crippen LogP contribution is 2.44. The molecule has 0 aliphatic heterocycles. The van der Waals surface area contributed by atoms with Crippen molar-refractivity contribution in [2.45, 2.75) is 314 Å². The predicted molar refractivity (Wildman–Crippen MR) is 587 cm³/mol. The number of pyridine rings is 5. The van der Waals surface area contributed by atoms with E-state index in [1.165, 1.54) is 396 Å². The molecule has 5 heterocycles. The Morgan fingerprint density at radius 3 is 0.855 bits per heavy atom. The fourth-order valence-corrected chi connectivity index (χ4v) is 25.1. The molecule has 0 spiro atoms. The Morgan fingerprint density at radius 2 is 0.529 bits per heavy atom. The van der Waals surface area contributed by atoms with Gasteiger partial charge in [0.2, 0.25) is 28.5 Å². The number of benzene rings is 10. The van der Waals surface area contributed by atoms with Crippen LogP contribution in [0.4, 0.5) is 0 Å². The van der Waals surface area contributed by atoms with Crippen molar-refractivity contribution in [1.29, 1.82) is 0 Å². The minimum atomic E-state index is 0.144. The molecule has 6 fully saturated rings. The van der Waals surface area contributed by atoms with E-state index in [1.54, 1.807) is 5.56 Å². The van der Waals surface area contributed by atoms with Crippen LogP contribution in [0.25, 0.3) is 110 Å². The summed E-state index contributed by atoms with van der Waals surface area (Å²) in [7, 11) is 10.9. The second-order valence-electron chi connectivity index (χ2n) is 45.7. The van der Waals surface area contributed by atoms with Crippen LogP contribution in [0.5, 0.6) is 0 Å². The van der Waals surface area contributed by atoms with Crippen LogP contribution in [0, 0.1) is 106 Å². The maximum Gasteiger partial charge on any atom is 0.220 e. The minimum absolute atomic E-state index is 0.144. The van der Waals surface area contributed by atoms with Crippen molar-refractivity contribution >= 4 is 53.9 Å². The molecule has 716 valence electrons. The first-order valence-corrected chi connectivity index (χ1v) is 54.0. The Labute approximate surface area is 831 Å². The second-order valence-corrected chi connectivity index (χ2v) is 45.7. The lowest BCUT2D eigenvalue weighted by Gasteiger charge is -2.22. The fraction of sp³-hybridized carbons (Fsp3) is 0.436. The summed E-state index contributed by atoms with van der Waals surface area (Å²) >= 11 is 0. The summed E-state index contributed by atoms with van der Waals surface area (Å²) in [6.45, 7) is 36.2. The van der Waals surface area contributed by atoms with E-state index in [4.69, 9.17) is 0 Å². The van der Waals surface area contributed by atoms with E-state index < -0.39 is 0 Å². The van der Waals surface area contributed by atoms with Crippen molar-refractivity contribution in [2.75, 3.05) is 0 Å². The van der Waals surface area contributed by atoms with Gasteiger partial charge in [-0.2, -0.15) is 0 Å². The third-order valence-electron chi connectivity index (χ3n) is 33.9. The van der Waals surface area contributed by atoms with Crippen LogP contribution in [0.2, 0.25) is 0 Å². The summed E-state index contributed by atoms with van der Waals surface area (Å²) < 4.78 is 11.5. The molecular weight excluding hydrogens is 1670 g/mol. The Morgan fingerprint density at radius 1 is 0.254 bits per heavy atom. The number of hydrogen-bond donors (Lipinski definition) is 0. The molecule has 0 amide bonds. The van der Waals surface area contributed by atoms with Crippen molar-refractivity contribution in [3.8, 4) is 56.3 Å². The molecule has 6 aliphatic carbocycles. The van der Waals surface area contributed by atoms with E-state index >= 15 is 0 Å². The lowest BCUT2D eigenvalue weighted by Crippen LogP contribution is -2.31. The van der Waals surface area contributed by atoms with Crippen molar-refractivity contribution in [2.24, 2.45) is 64.8 Å². The fourth-order valence-electron chi connectivity index (χ4n) is 25.1. The average molecular weight is 1830 g/mol. The maximum absolute atomic E-state index is 2.51. The molecule has 138 heavy (non-hydrogen) atoms. The van der Waals surface area contributed by atoms with Gasteiger partial charge in [0.1, 0.15) is 35.2 Å². The molecule has 5 heteroatoms. The largest absolute Gasteiger partial charge is 0.220 e. The molecule has 0 radical (unpaired) electrons. The van der Waals surface area contributed by atoms with E-state index in [0.717, 1.165) is 35.5 Å². The molecule has 21 rings (SSSR count). The molecule has 0 saturated heterocycles. The molecule has 6 saturated carbocycles. The molecule has 6 aliphatic rings. The Kier molecular flexibility index (Phi) is 31.2. The van der Waals surface area contributed by atoms with E-state index in [2.05, 4.69) is 388 Å². The highest BCUT2D eigenvalue weighted by molar-refractivity contribution is 5.99. The first-order chi connectivity index (χ1) is 66.4. The van der Waals surface area contributed by atoms with Gasteiger partial charge in [0.15, 0.2) is 31.0 Å². The van der Waals surface area contributed by atoms with Gasteiger partial charge >= 0.3 is 0 Å². The zero-order chi connectivity index (χ0) is 96.9. The number of aromatic nitrogens is 5. The average Bonchev–Trinajstić information content (AvgIpc) is 1.35. The highest BCUT2D eigenvalue weighted by Gasteiger charge is 2.31. The standard InChI is InChI=1S/C29H36N.C28H36N.C27H34N.C25H30N.C24H28N/c1-20-16-26(24-10-6-7-11-24)19-28(21(20)2)29-27-13-12-23(17-22-8-4-5-9-22)18-25(27)14-15-30(29)3;1-19-15-24(28(3,4)5)18-26(20(19)2)27-25-12-11-22(16-21-9-7-8-10-21)17-23(25)13-14-29(27)6;1-18(2)24-14-19(3)20(4)26(17-24)27-25-11-10-22(15-21-8-6-7-9-21)16-23(25)12-13-28(27)5;1-17-13-18(2)19(3)24(14-17)25-23-10-9-21(15-20-7-5-6-8-20)16-22(23)11-12-26(25)4;1-17-8-9-18(2)23(14-17)24-22-11-10-20(15-19-6-4-5-7-19)16-21(22)12-13-25(24)3/h12-16,18-19,22,24H,4-11,17H2,1-3H3;11-15,17-18,21H,7-10,16H2,1-6H3;10-14,16-18,21H,6-9,15H2,1-5H3;9-14,16,20H,5-8,15H2,1-4H3;8-14,16,19H,4-7,15H2,1-3H3/q5*+1. The maximum atomic E-state index is 2.51. The van der Waals surface area contributed by atoms with Crippen LogP contribution < -0.4 is 22.8 Å². The summed E-state index contributed by atoms with van der Waals surface area (Å²) in [6, 6.07) is 73.2. The van der Waals surface area contributed by atoms with E-state index in [1.807, 2.05) is 0 Å². The Hall–Kier alpha value is -10.8. The number of nitrogens with zero attached hydrogens (tertiary/aromatic N) is 5. The number of rotatable bonds is 17. The summed E-state index contributed by atoms with van der Waals surface area (Å²) in [5, 5.41) is 13.7. The van der Waals surface area contributed by atoms with Crippen LogP contribution in [-0.2, 0) is 72.8 Å². The molecule has 5 aromatic heterocycles. The normalized spacial score (nSPS) is 15.8. The first-order valence-electron chi connectivity index (χ1n) is 54.0. The third-order valence-corrected chi connectivity index (χ3v) is 33.9. The summed E-state index contributed by atoms with van der Waals surface area (Å²) in [6.07, 6.45) is 51.2. The zero-order valence-corrected chi connectivity index (χ0v) is 88.6. The highest BCUT2D eigenvalue weighted by atomic mass is 14.9. The SMILES string of the molecule is Cc1cc(C(C)(C)C)cc(-c2c3ccc(CC4CCCC4)cc3cc[n+]2C)c1C.Cc1cc(C(C)C)cc(-c2c3ccc(CC4CCCC4)cc3cc[n+]2C)c1C.Cc1cc(C)c(C)c(-c2c3ccc(CC4CCCC4)cc3cc[n+]2C)c1.Cc1cc(C2CCCC2)cc(-c2c3ccc(CC4CCCC4)cc3cc[n+]2C)c1C.Cc1ccc(C)c(-c2c3ccc(CC4CCCC4)cc3cc[n+]2C)c1. The van der Waals surface area contributed by atoms with Crippen molar-refractivity contribution < 1.29 is 22.8 Å². The second kappa shape index (κ2) is 43.6.